The quantitative estimate of drug-likeness (QED) is 0.660. The molecule has 0 radical (unpaired) electrons. The van der Waals surface area contributed by atoms with Crippen LogP contribution in [-0.2, 0) is 9.84 Å². The molecule has 1 aliphatic rings. The van der Waals surface area contributed by atoms with E-state index in [2.05, 4.69) is 10.2 Å². The molecule has 0 spiro atoms. The van der Waals surface area contributed by atoms with Gasteiger partial charge >= 0.3 is 0 Å². The first-order chi connectivity index (χ1) is 7.64. The Morgan fingerprint density at radius 2 is 1.94 bits per heavy atom. The van der Waals surface area contributed by atoms with E-state index >= 15 is 0 Å². The van der Waals surface area contributed by atoms with Gasteiger partial charge in [-0.3, -0.25) is 0 Å². The number of hydrogen-bond acceptors (Lipinski definition) is 5. The Hall–Kier alpha value is 0.220. The number of hydrogen-bond donors (Lipinski definition) is 1. The highest BCUT2D eigenvalue weighted by molar-refractivity contribution is 7.99. The van der Waals surface area contributed by atoms with Gasteiger partial charge in [0.15, 0.2) is 9.84 Å². The van der Waals surface area contributed by atoms with Gasteiger partial charge in [-0.2, -0.15) is 11.8 Å². The molecule has 0 saturated carbocycles. The molecular formula is C10H22N2O2S2. The molecule has 1 fully saturated rings. The summed E-state index contributed by atoms with van der Waals surface area (Å²) < 4.78 is 22.4. The molecule has 96 valence electrons. The van der Waals surface area contributed by atoms with Crippen molar-refractivity contribution in [3.8, 4) is 0 Å². The second-order valence-corrected chi connectivity index (χ2v) is 7.64. The minimum atomic E-state index is -2.80. The van der Waals surface area contributed by atoms with Crippen LogP contribution in [0, 0.1) is 0 Å². The summed E-state index contributed by atoms with van der Waals surface area (Å²) in [5.74, 6) is 2.96. The van der Waals surface area contributed by atoms with Crippen molar-refractivity contribution in [2.75, 3.05) is 55.7 Å². The van der Waals surface area contributed by atoms with Crippen LogP contribution >= 0.6 is 11.8 Å². The van der Waals surface area contributed by atoms with Gasteiger partial charge in [-0.15, -0.1) is 0 Å². The van der Waals surface area contributed by atoms with Crippen LogP contribution in [0.25, 0.3) is 0 Å². The first-order valence-corrected chi connectivity index (χ1v) is 8.83. The molecule has 1 saturated heterocycles. The first-order valence-electron chi connectivity index (χ1n) is 5.85. The van der Waals surface area contributed by atoms with Gasteiger partial charge in [0.2, 0.25) is 0 Å². The van der Waals surface area contributed by atoms with Gasteiger partial charge in [0.1, 0.15) is 0 Å². The summed E-state index contributed by atoms with van der Waals surface area (Å²) >= 11 is 2.01. The van der Waals surface area contributed by atoms with E-state index in [9.17, 15) is 8.42 Å². The molecule has 0 aromatic heterocycles. The van der Waals surface area contributed by atoms with Crippen molar-refractivity contribution in [1.82, 2.24) is 10.2 Å². The maximum absolute atomic E-state index is 11.2. The van der Waals surface area contributed by atoms with Gasteiger partial charge < -0.3 is 10.2 Å². The molecule has 1 N–H and O–H groups in total. The maximum Gasteiger partial charge on any atom is 0.151 e. The Bertz CT molecular complexity index is 275. The predicted octanol–water partition coefficient (Wildman–Crippen LogP) is 0.0595. The lowest BCUT2D eigenvalue weighted by Crippen LogP contribution is -2.38. The third-order valence-electron chi connectivity index (χ3n) is 2.74. The summed E-state index contributed by atoms with van der Waals surface area (Å²) in [6.45, 7) is 6.54. The molecule has 1 rings (SSSR count). The van der Waals surface area contributed by atoms with Crippen molar-refractivity contribution in [3.05, 3.63) is 0 Å². The number of nitrogens with one attached hydrogen (secondary N) is 1. The van der Waals surface area contributed by atoms with Gasteiger partial charge in [0, 0.05) is 50.0 Å². The molecule has 0 bridgehead atoms. The lowest BCUT2D eigenvalue weighted by Gasteiger charge is -2.26. The molecular weight excluding hydrogens is 244 g/mol. The second-order valence-electron chi connectivity index (χ2n) is 3.94. The molecule has 0 aliphatic carbocycles. The highest BCUT2D eigenvalue weighted by Gasteiger charge is 2.09. The minimum Gasteiger partial charge on any atom is -0.314 e. The standard InChI is InChI=1S/C10H22N2O2S2/c1-2-16(13,14)10-4-11-3-5-12-6-8-15-9-7-12/h11H,2-10H2,1H3. The second kappa shape index (κ2) is 7.53. The van der Waals surface area contributed by atoms with Crippen LogP contribution in [0.2, 0.25) is 0 Å². The number of thioether (sulfide) groups is 1. The molecule has 0 amide bonds. The molecule has 0 aromatic carbocycles. The molecule has 1 heterocycles. The zero-order valence-corrected chi connectivity index (χ0v) is 11.6. The summed E-state index contributed by atoms with van der Waals surface area (Å²) in [5, 5.41) is 3.20. The Balaban J connectivity index is 1.99. The monoisotopic (exact) mass is 266 g/mol. The van der Waals surface area contributed by atoms with Crippen molar-refractivity contribution in [3.63, 3.8) is 0 Å². The molecule has 16 heavy (non-hydrogen) atoms. The first kappa shape index (κ1) is 14.3. The lowest BCUT2D eigenvalue weighted by molar-refractivity contribution is 0.302. The largest absolute Gasteiger partial charge is 0.314 e. The van der Waals surface area contributed by atoms with Gasteiger partial charge in [-0.05, 0) is 0 Å². The Morgan fingerprint density at radius 3 is 2.56 bits per heavy atom. The highest BCUT2D eigenvalue weighted by Crippen LogP contribution is 2.07. The van der Waals surface area contributed by atoms with E-state index in [1.54, 1.807) is 6.92 Å². The predicted molar refractivity (Wildman–Crippen MR) is 71.0 cm³/mol. The SMILES string of the molecule is CCS(=O)(=O)CCNCCN1CCSCC1. The zero-order valence-electron chi connectivity index (χ0n) is 9.94. The van der Waals surface area contributed by atoms with Crippen LogP contribution in [0.5, 0.6) is 0 Å². The van der Waals surface area contributed by atoms with E-state index in [0.29, 0.717) is 6.54 Å². The van der Waals surface area contributed by atoms with E-state index in [1.807, 2.05) is 11.8 Å². The van der Waals surface area contributed by atoms with Gasteiger partial charge in [-0.1, -0.05) is 6.92 Å². The molecule has 4 nitrogen and oxygen atoms in total. The van der Waals surface area contributed by atoms with Crippen molar-refractivity contribution in [1.29, 1.82) is 0 Å². The van der Waals surface area contributed by atoms with E-state index in [-0.39, 0.29) is 11.5 Å². The van der Waals surface area contributed by atoms with Crippen LogP contribution in [0.15, 0.2) is 0 Å². The molecule has 0 atom stereocenters. The number of rotatable bonds is 7. The molecule has 1 aliphatic heterocycles. The fraction of sp³-hybridized carbons (Fsp3) is 1.00. The van der Waals surface area contributed by atoms with Crippen LogP contribution in [-0.4, -0.2) is 69.1 Å². The Kier molecular flexibility index (Phi) is 6.72. The summed E-state index contributed by atoms with van der Waals surface area (Å²) in [6.07, 6.45) is 0. The Labute approximate surface area is 103 Å². The van der Waals surface area contributed by atoms with Crippen LogP contribution in [0.3, 0.4) is 0 Å². The molecule has 0 aromatic rings. The third-order valence-corrected chi connectivity index (χ3v) is 5.39. The normalized spacial score (nSPS) is 18.8. The summed E-state index contributed by atoms with van der Waals surface area (Å²) in [7, 11) is -2.80. The third kappa shape index (κ3) is 6.08. The van der Waals surface area contributed by atoms with Crippen molar-refractivity contribution in [2.24, 2.45) is 0 Å². The zero-order chi connectivity index (χ0) is 11.9. The van der Waals surface area contributed by atoms with Crippen LogP contribution < -0.4 is 5.32 Å². The average Bonchev–Trinajstić information content (AvgIpc) is 2.30. The van der Waals surface area contributed by atoms with Crippen LogP contribution in [0.4, 0.5) is 0 Å². The topological polar surface area (TPSA) is 49.4 Å². The lowest BCUT2D eigenvalue weighted by atomic mass is 10.4. The highest BCUT2D eigenvalue weighted by atomic mass is 32.2. The van der Waals surface area contributed by atoms with Gasteiger partial charge in [-0.25, -0.2) is 8.42 Å². The number of sulfone groups is 1. The van der Waals surface area contributed by atoms with Crippen molar-refractivity contribution in [2.45, 2.75) is 6.92 Å². The summed E-state index contributed by atoms with van der Waals surface area (Å²) in [6, 6.07) is 0. The summed E-state index contributed by atoms with van der Waals surface area (Å²) in [5.41, 5.74) is 0. The smallest absolute Gasteiger partial charge is 0.151 e. The Morgan fingerprint density at radius 1 is 1.25 bits per heavy atom. The minimum absolute atomic E-state index is 0.248. The van der Waals surface area contributed by atoms with Crippen LogP contribution in [0.1, 0.15) is 6.92 Å². The average molecular weight is 266 g/mol. The fourth-order valence-corrected chi connectivity index (χ4v) is 3.28. The maximum atomic E-state index is 11.2. The van der Waals surface area contributed by atoms with E-state index in [0.717, 1.165) is 13.1 Å². The van der Waals surface area contributed by atoms with Crippen molar-refractivity contribution < 1.29 is 8.42 Å². The molecule has 6 heteroatoms. The number of nitrogens with zero attached hydrogens (tertiary/aromatic N) is 1. The van der Waals surface area contributed by atoms with E-state index < -0.39 is 9.84 Å². The molecule has 0 unspecified atom stereocenters. The summed E-state index contributed by atoms with van der Waals surface area (Å²) in [4.78, 5) is 2.43. The van der Waals surface area contributed by atoms with E-state index in [1.165, 1.54) is 24.6 Å². The fourth-order valence-electron chi connectivity index (χ4n) is 1.56. The van der Waals surface area contributed by atoms with Gasteiger partial charge in [0.05, 0.1) is 5.75 Å². The van der Waals surface area contributed by atoms with Gasteiger partial charge in [0.25, 0.3) is 0 Å². The van der Waals surface area contributed by atoms with E-state index in [4.69, 9.17) is 0 Å². The van der Waals surface area contributed by atoms with Crippen molar-refractivity contribution >= 4 is 21.6 Å².